The van der Waals surface area contributed by atoms with Crippen LogP contribution in [0.4, 0.5) is 5.69 Å². The van der Waals surface area contributed by atoms with Crippen molar-refractivity contribution in [1.29, 1.82) is 0 Å². The Morgan fingerprint density at radius 2 is 1.60 bits per heavy atom. The van der Waals surface area contributed by atoms with Crippen molar-refractivity contribution >= 4 is 28.7 Å². The van der Waals surface area contributed by atoms with Crippen LogP contribution in [0.25, 0.3) is 23.1 Å². The van der Waals surface area contributed by atoms with Gasteiger partial charge in [0.15, 0.2) is 0 Å². The highest BCUT2D eigenvalue weighted by atomic mass is 15.2. The van der Waals surface area contributed by atoms with Gasteiger partial charge in [-0.05, 0) is 42.4 Å². The average Bonchev–Trinajstić information content (AvgIpc) is 2.67. The normalized spacial score (nSPS) is 16.0. The number of hydrogen-bond donors (Lipinski definition) is 0. The number of piperazine rings is 1. The molecule has 1 saturated heterocycles. The van der Waals surface area contributed by atoms with Gasteiger partial charge in [0.2, 0.25) is 0 Å². The van der Waals surface area contributed by atoms with E-state index in [0.717, 1.165) is 31.7 Å². The minimum Gasteiger partial charge on any atom is -0.369 e. The molecule has 0 amide bonds. The van der Waals surface area contributed by atoms with Crippen molar-refractivity contribution in [1.82, 2.24) is 9.88 Å². The van der Waals surface area contributed by atoms with E-state index >= 15 is 0 Å². The summed E-state index contributed by atoms with van der Waals surface area (Å²) in [5.74, 6) is 0. The van der Waals surface area contributed by atoms with Gasteiger partial charge in [0, 0.05) is 43.4 Å². The number of hydrogen-bond acceptors (Lipinski definition) is 3. The second-order valence-electron chi connectivity index (χ2n) is 6.63. The van der Waals surface area contributed by atoms with E-state index in [-0.39, 0.29) is 0 Å². The maximum atomic E-state index is 4.42. The van der Waals surface area contributed by atoms with Crippen LogP contribution in [0.1, 0.15) is 11.1 Å². The lowest BCUT2D eigenvalue weighted by atomic mass is 10.1. The minimum atomic E-state index is 1.04. The van der Waals surface area contributed by atoms with Crippen LogP contribution >= 0.6 is 0 Å². The highest BCUT2D eigenvalue weighted by Crippen LogP contribution is 2.21. The predicted molar refractivity (Wildman–Crippen MR) is 107 cm³/mol. The first-order valence-corrected chi connectivity index (χ1v) is 8.85. The Balaban J connectivity index is 1.51. The summed E-state index contributed by atoms with van der Waals surface area (Å²) >= 11 is 0. The molecule has 1 fully saturated rings. The van der Waals surface area contributed by atoms with Gasteiger partial charge in [-0.2, -0.15) is 0 Å². The largest absolute Gasteiger partial charge is 0.369 e. The molecule has 3 aromatic rings. The van der Waals surface area contributed by atoms with E-state index in [1.807, 2.05) is 12.3 Å². The molecule has 4 rings (SSSR count). The van der Waals surface area contributed by atoms with Gasteiger partial charge in [0.1, 0.15) is 0 Å². The summed E-state index contributed by atoms with van der Waals surface area (Å²) < 4.78 is 0. The Hall–Kier alpha value is -2.65. The molecule has 1 aliphatic rings. The lowest BCUT2D eigenvalue weighted by Gasteiger charge is -2.34. The van der Waals surface area contributed by atoms with Gasteiger partial charge in [0.05, 0.1) is 5.52 Å². The highest BCUT2D eigenvalue weighted by molar-refractivity contribution is 5.90. The molecule has 3 nitrogen and oxygen atoms in total. The molecule has 0 bridgehead atoms. The molecular formula is C22H23N3. The molecule has 0 saturated carbocycles. The quantitative estimate of drug-likeness (QED) is 0.719. The zero-order valence-corrected chi connectivity index (χ0v) is 14.6. The van der Waals surface area contributed by atoms with Gasteiger partial charge in [-0.25, -0.2) is 0 Å². The number of fused-ring (bicyclic) bond motifs is 1. The Kier molecular flexibility index (Phi) is 4.49. The number of anilines is 1. The monoisotopic (exact) mass is 329 g/mol. The molecule has 0 spiro atoms. The molecule has 25 heavy (non-hydrogen) atoms. The third-order valence-corrected chi connectivity index (χ3v) is 4.90. The molecule has 0 aliphatic carbocycles. The SMILES string of the molecule is CN1CCN(c2ccc(/C=C/c3ccnc4ccccc34)cc2)CC1. The van der Waals surface area contributed by atoms with E-state index in [2.05, 4.69) is 82.5 Å². The van der Waals surface area contributed by atoms with Crippen molar-refractivity contribution in [3.05, 3.63) is 71.9 Å². The molecule has 2 heterocycles. The molecule has 1 aromatic heterocycles. The topological polar surface area (TPSA) is 19.4 Å². The summed E-state index contributed by atoms with van der Waals surface area (Å²) in [6.45, 7) is 4.48. The first kappa shape index (κ1) is 15.9. The number of para-hydroxylation sites is 1. The zero-order chi connectivity index (χ0) is 17.1. The fraction of sp³-hybridized carbons (Fsp3) is 0.227. The average molecular weight is 329 g/mol. The van der Waals surface area contributed by atoms with Crippen molar-refractivity contribution in [2.45, 2.75) is 0 Å². The maximum absolute atomic E-state index is 4.42. The number of rotatable bonds is 3. The summed E-state index contributed by atoms with van der Waals surface area (Å²) in [4.78, 5) is 9.27. The van der Waals surface area contributed by atoms with Crippen molar-refractivity contribution < 1.29 is 0 Å². The summed E-state index contributed by atoms with van der Waals surface area (Å²) in [5, 5.41) is 1.19. The van der Waals surface area contributed by atoms with Gasteiger partial charge in [0.25, 0.3) is 0 Å². The van der Waals surface area contributed by atoms with E-state index in [0.29, 0.717) is 0 Å². The lowest BCUT2D eigenvalue weighted by Crippen LogP contribution is -2.44. The van der Waals surface area contributed by atoms with Crippen molar-refractivity contribution in [2.24, 2.45) is 0 Å². The van der Waals surface area contributed by atoms with Crippen LogP contribution in [-0.2, 0) is 0 Å². The van der Waals surface area contributed by atoms with E-state index in [1.165, 1.54) is 22.2 Å². The summed E-state index contributed by atoms with van der Waals surface area (Å²) in [5.41, 5.74) is 4.78. The van der Waals surface area contributed by atoms with Crippen molar-refractivity contribution in [3.63, 3.8) is 0 Å². The number of nitrogens with zero attached hydrogens (tertiary/aromatic N) is 3. The number of aromatic nitrogens is 1. The number of pyridine rings is 1. The maximum Gasteiger partial charge on any atom is 0.0707 e. The molecule has 1 aliphatic heterocycles. The van der Waals surface area contributed by atoms with Gasteiger partial charge in [-0.15, -0.1) is 0 Å². The third-order valence-electron chi connectivity index (χ3n) is 4.90. The Labute approximate surface area is 149 Å². The van der Waals surface area contributed by atoms with Crippen LogP contribution in [0.15, 0.2) is 60.8 Å². The Morgan fingerprint density at radius 3 is 2.40 bits per heavy atom. The second kappa shape index (κ2) is 7.08. The summed E-state index contributed by atoms with van der Waals surface area (Å²) in [6.07, 6.45) is 6.23. The number of likely N-dealkylation sites (N-methyl/N-ethyl adjacent to an activating group) is 1. The van der Waals surface area contributed by atoms with Crippen LogP contribution in [-0.4, -0.2) is 43.1 Å². The zero-order valence-electron chi connectivity index (χ0n) is 14.6. The van der Waals surface area contributed by atoms with E-state index in [4.69, 9.17) is 0 Å². The van der Waals surface area contributed by atoms with Crippen LogP contribution in [0.2, 0.25) is 0 Å². The lowest BCUT2D eigenvalue weighted by molar-refractivity contribution is 0.313. The van der Waals surface area contributed by atoms with Gasteiger partial charge < -0.3 is 9.80 Å². The van der Waals surface area contributed by atoms with Crippen LogP contribution in [0, 0.1) is 0 Å². The first-order valence-electron chi connectivity index (χ1n) is 8.85. The fourth-order valence-corrected chi connectivity index (χ4v) is 3.31. The molecule has 0 N–H and O–H groups in total. The minimum absolute atomic E-state index is 1.04. The molecule has 3 heteroatoms. The standard InChI is InChI=1S/C22H23N3/c1-24-14-16-25(17-15-24)20-10-7-18(8-11-20)6-9-19-12-13-23-22-5-3-2-4-21(19)22/h2-13H,14-17H2,1H3/b9-6+. The molecule has 0 radical (unpaired) electrons. The summed E-state index contributed by atoms with van der Waals surface area (Å²) in [6, 6.07) is 19.2. The predicted octanol–water partition coefficient (Wildman–Crippen LogP) is 4.16. The second-order valence-corrected chi connectivity index (χ2v) is 6.63. The highest BCUT2D eigenvalue weighted by Gasteiger charge is 2.13. The van der Waals surface area contributed by atoms with E-state index < -0.39 is 0 Å². The molecule has 0 atom stereocenters. The summed E-state index contributed by atoms with van der Waals surface area (Å²) in [7, 11) is 2.19. The first-order chi connectivity index (χ1) is 12.3. The van der Waals surface area contributed by atoms with Gasteiger partial charge in [-0.1, -0.05) is 42.5 Å². The Bertz CT molecular complexity index is 870. The van der Waals surface area contributed by atoms with Gasteiger partial charge in [-0.3, -0.25) is 4.98 Å². The van der Waals surface area contributed by atoms with Crippen molar-refractivity contribution in [2.75, 3.05) is 38.1 Å². The van der Waals surface area contributed by atoms with E-state index in [1.54, 1.807) is 0 Å². The van der Waals surface area contributed by atoms with Gasteiger partial charge >= 0.3 is 0 Å². The Morgan fingerprint density at radius 1 is 0.840 bits per heavy atom. The fourth-order valence-electron chi connectivity index (χ4n) is 3.31. The van der Waals surface area contributed by atoms with E-state index in [9.17, 15) is 0 Å². The molecule has 0 unspecified atom stereocenters. The molecule has 2 aromatic carbocycles. The molecule has 126 valence electrons. The van der Waals surface area contributed by atoms with Crippen LogP contribution < -0.4 is 4.90 Å². The third kappa shape index (κ3) is 3.57. The molecular weight excluding hydrogens is 306 g/mol. The van der Waals surface area contributed by atoms with Crippen LogP contribution in [0.3, 0.4) is 0 Å². The van der Waals surface area contributed by atoms with Crippen LogP contribution in [0.5, 0.6) is 0 Å². The van der Waals surface area contributed by atoms with Crippen molar-refractivity contribution in [3.8, 4) is 0 Å². The smallest absolute Gasteiger partial charge is 0.0707 e. The number of benzene rings is 2.